The quantitative estimate of drug-likeness (QED) is 0.579. The Morgan fingerprint density at radius 3 is 3.00 bits per heavy atom. The molecule has 2 atom stereocenters. The molecule has 1 amide bonds. The van der Waals surface area contributed by atoms with Crippen molar-refractivity contribution >= 4 is 28.5 Å². The normalized spacial score (nSPS) is 18.9. The molecule has 3 heterocycles. The van der Waals surface area contributed by atoms with E-state index >= 15 is 0 Å². The number of amides is 1. The van der Waals surface area contributed by atoms with Crippen LogP contribution in [0.25, 0.3) is 27.9 Å². The Bertz CT molecular complexity index is 1180. The molecule has 0 bridgehead atoms. The topological polar surface area (TPSA) is 92.7 Å². The van der Waals surface area contributed by atoms with Crippen LogP contribution in [-0.4, -0.2) is 31.6 Å². The van der Waals surface area contributed by atoms with Crippen molar-refractivity contribution in [1.29, 1.82) is 0 Å². The summed E-state index contributed by atoms with van der Waals surface area (Å²) in [6, 6.07) is 7.32. The Labute approximate surface area is 152 Å². The number of aliphatic hydroxyl groups is 1. The largest absolute Gasteiger partial charge is 0.443 e. The smallest absolute Gasteiger partial charge is 0.231 e. The number of hydrogen-bond donors (Lipinski definition) is 2. The molecule has 1 saturated carbocycles. The standard InChI is InChI=1S/C19H15FN4O3/c20-14-4-13(14)19(26)23-17-7-24-6-10(1-2-18(24)22-17)12-5-16-15(21-9-27-16)3-11(12)8-25/h1-3,5-7,9,13-14,25H,4,8H2,(H,23,26). The zero-order valence-electron chi connectivity index (χ0n) is 14.1. The molecule has 1 aliphatic rings. The molecule has 4 aromatic rings. The molecule has 0 saturated heterocycles. The van der Waals surface area contributed by atoms with Gasteiger partial charge in [-0.15, -0.1) is 0 Å². The minimum atomic E-state index is -1.04. The summed E-state index contributed by atoms with van der Waals surface area (Å²) < 4.78 is 20.2. The molecule has 3 aromatic heterocycles. The number of hydrogen-bond acceptors (Lipinski definition) is 5. The van der Waals surface area contributed by atoms with Gasteiger partial charge in [-0.3, -0.25) is 4.79 Å². The van der Waals surface area contributed by atoms with E-state index in [1.807, 2.05) is 24.4 Å². The minimum absolute atomic E-state index is 0.132. The van der Waals surface area contributed by atoms with Crippen LogP contribution in [0, 0.1) is 5.92 Å². The number of nitrogens with zero attached hydrogens (tertiary/aromatic N) is 3. The number of carbonyl (C=O) groups is 1. The fourth-order valence-electron chi connectivity index (χ4n) is 3.21. The predicted octanol–water partition coefficient (Wildman–Crippen LogP) is 2.93. The summed E-state index contributed by atoms with van der Waals surface area (Å²) in [4.78, 5) is 20.3. The lowest BCUT2D eigenvalue weighted by Gasteiger charge is -2.08. The van der Waals surface area contributed by atoms with Crippen LogP contribution in [0.3, 0.4) is 0 Å². The van der Waals surface area contributed by atoms with Crippen LogP contribution in [0.4, 0.5) is 10.2 Å². The van der Waals surface area contributed by atoms with Crippen molar-refractivity contribution in [3.05, 3.63) is 48.6 Å². The van der Waals surface area contributed by atoms with Crippen LogP contribution in [0.1, 0.15) is 12.0 Å². The molecule has 1 fully saturated rings. The van der Waals surface area contributed by atoms with Gasteiger partial charge in [-0.25, -0.2) is 14.4 Å². The molecule has 1 aliphatic carbocycles. The van der Waals surface area contributed by atoms with Crippen LogP contribution in [0.15, 0.2) is 47.5 Å². The third-order valence-electron chi connectivity index (χ3n) is 4.79. The number of pyridine rings is 1. The van der Waals surface area contributed by atoms with Gasteiger partial charge in [-0.2, -0.15) is 0 Å². The van der Waals surface area contributed by atoms with Gasteiger partial charge < -0.3 is 19.2 Å². The van der Waals surface area contributed by atoms with Crippen molar-refractivity contribution in [2.24, 2.45) is 5.92 Å². The number of aromatic nitrogens is 3. The summed E-state index contributed by atoms with van der Waals surface area (Å²) in [6.07, 6.45) is 4.13. The number of alkyl halides is 1. The van der Waals surface area contributed by atoms with Gasteiger partial charge in [0.2, 0.25) is 5.91 Å². The summed E-state index contributed by atoms with van der Waals surface area (Å²) >= 11 is 0. The van der Waals surface area contributed by atoms with E-state index in [9.17, 15) is 14.3 Å². The number of anilines is 1. The lowest BCUT2D eigenvalue weighted by molar-refractivity contribution is -0.117. The van der Waals surface area contributed by atoms with E-state index < -0.39 is 12.1 Å². The maximum atomic E-state index is 13.0. The molecule has 8 heteroatoms. The second-order valence-corrected chi connectivity index (χ2v) is 6.64. The predicted molar refractivity (Wildman–Crippen MR) is 95.8 cm³/mol. The molecule has 0 aliphatic heterocycles. The number of halogens is 1. The maximum Gasteiger partial charge on any atom is 0.231 e. The van der Waals surface area contributed by atoms with Crippen molar-refractivity contribution in [3.8, 4) is 11.1 Å². The summed E-state index contributed by atoms with van der Waals surface area (Å²) in [5.41, 5.74) is 4.36. The van der Waals surface area contributed by atoms with Crippen molar-refractivity contribution < 1.29 is 18.7 Å². The highest BCUT2D eigenvalue weighted by molar-refractivity contribution is 5.94. The highest BCUT2D eigenvalue weighted by Crippen LogP contribution is 2.35. The van der Waals surface area contributed by atoms with Gasteiger partial charge in [0.1, 0.15) is 17.3 Å². The number of benzene rings is 1. The second kappa shape index (κ2) is 5.88. The van der Waals surface area contributed by atoms with Crippen molar-refractivity contribution in [2.45, 2.75) is 19.2 Å². The lowest BCUT2D eigenvalue weighted by atomic mass is 10.0. The SMILES string of the molecule is O=C(Nc1cn2cc(-c3cc4ocnc4cc3CO)ccc2n1)C1CC1F. The van der Waals surface area contributed by atoms with E-state index in [1.165, 1.54) is 6.39 Å². The molecule has 2 unspecified atom stereocenters. The molecular formula is C19H15FN4O3. The Morgan fingerprint density at radius 2 is 2.22 bits per heavy atom. The molecule has 7 nitrogen and oxygen atoms in total. The summed E-state index contributed by atoms with van der Waals surface area (Å²) in [5.74, 6) is -0.528. The molecule has 1 aromatic carbocycles. The fourth-order valence-corrected chi connectivity index (χ4v) is 3.21. The highest BCUT2D eigenvalue weighted by atomic mass is 19.1. The average molecular weight is 366 g/mol. The molecule has 0 radical (unpaired) electrons. The van der Waals surface area contributed by atoms with Crippen LogP contribution in [0.5, 0.6) is 0 Å². The first-order valence-corrected chi connectivity index (χ1v) is 8.53. The molecule has 0 spiro atoms. The molecular weight excluding hydrogens is 351 g/mol. The number of fused-ring (bicyclic) bond motifs is 2. The van der Waals surface area contributed by atoms with Crippen molar-refractivity contribution in [1.82, 2.24) is 14.4 Å². The van der Waals surface area contributed by atoms with Crippen LogP contribution in [0.2, 0.25) is 0 Å². The Hall–Kier alpha value is -3.26. The number of rotatable bonds is 4. The summed E-state index contributed by atoms with van der Waals surface area (Å²) in [7, 11) is 0. The van der Waals surface area contributed by atoms with Gasteiger partial charge in [0, 0.05) is 6.20 Å². The van der Waals surface area contributed by atoms with Gasteiger partial charge in [-0.05, 0) is 47.4 Å². The van der Waals surface area contributed by atoms with Crippen molar-refractivity contribution in [2.75, 3.05) is 5.32 Å². The van der Waals surface area contributed by atoms with Crippen LogP contribution in [-0.2, 0) is 11.4 Å². The van der Waals surface area contributed by atoms with Crippen molar-refractivity contribution in [3.63, 3.8) is 0 Å². The van der Waals surface area contributed by atoms with Crippen LogP contribution >= 0.6 is 0 Å². The van der Waals surface area contributed by atoms with E-state index in [0.717, 1.165) is 16.7 Å². The van der Waals surface area contributed by atoms with Gasteiger partial charge in [0.05, 0.1) is 18.7 Å². The molecule has 2 N–H and O–H groups in total. The zero-order valence-corrected chi connectivity index (χ0v) is 14.1. The Kier molecular flexibility index (Phi) is 3.48. The van der Waals surface area contributed by atoms with E-state index in [2.05, 4.69) is 15.3 Å². The Balaban J connectivity index is 1.52. The second-order valence-electron chi connectivity index (χ2n) is 6.64. The number of aliphatic hydroxyl groups excluding tert-OH is 1. The first-order valence-electron chi connectivity index (χ1n) is 8.53. The van der Waals surface area contributed by atoms with E-state index in [-0.39, 0.29) is 18.9 Å². The van der Waals surface area contributed by atoms with Crippen LogP contribution < -0.4 is 5.32 Å². The summed E-state index contributed by atoms with van der Waals surface area (Å²) in [5, 5.41) is 12.4. The van der Waals surface area contributed by atoms with E-state index in [0.29, 0.717) is 22.6 Å². The number of oxazole rings is 1. The summed E-state index contributed by atoms with van der Waals surface area (Å²) in [6.45, 7) is -0.132. The highest BCUT2D eigenvalue weighted by Gasteiger charge is 2.43. The van der Waals surface area contributed by atoms with E-state index in [1.54, 1.807) is 16.7 Å². The molecule has 27 heavy (non-hydrogen) atoms. The van der Waals surface area contributed by atoms with Gasteiger partial charge in [0.25, 0.3) is 0 Å². The van der Waals surface area contributed by atoms with Gasteiger partial charge >= 0.3 is 0 Å². The third kappa shape index (κ3) is 2.74. The fraction of sp³-hybridized carbons (Fsp3) is 0.211. The molecule has 5 rings (SSSR count). The first kappa shape index (κ1) is 16.0. The number of imidazole rings is 1. The number of nitrogens with one attached hydrogen (secondary N) is 1. The maximum absolute atomic E-state index is 13.0. The molecule has 136 valence electrons. The third-order valence-corrected chi connectivity index (χ3v) is 4.79. The lowest BCUT2D eigenvalue weighted by Crippen LogP contribution is -2.15. The number of carbonyl (C=O) groups excluding carboxylic acids is 1. The van der Waals surface area contributed by atoms with E-state index in [4.69, 9.17) is 4.42 Å². The first-order chi connectivity index (χ1) is 13.1. The van der Waals surface area contributed by atoms with Gasteiger partial charge in [-0.1, -0.05) is 0 Å². The van der Waals surface area contributed by atoms with Gasteiger partial charge in [0.15, 0.2) is 17.8 Å². The minimum Gasteiger partial charge on any atom is -0.443 e. The monoisotopic (exact) mass is 366 g/mol. The zero-order chi connectivity index (χ0) is 18.5. The average Bonchev–Trinajstić information content (AvgIpc) is 3.06. The Morgan fingerprint density at radius 1 is 1.37 bits per heavy atom.